The standard InChI is InChI=1S/C17H19ClFNO/c1-12(2)10-20-11-15-16(19)4-3-5-17(15)21-14-8-6-13(18)7-9-14/h3-9,12,20H,10-11H2,1-2H3. The molecule has 2 rings (SSSR count). The smallest absolute Gasteiger partial charge is 0.134 e. The molecule has 0 aliphatic carbocycles. The SMILES string of the molecule is CC(C)CNCc1c(F)cccc1Oc1ccc(Cl)cc1. The van der Waals surface area contributed by atoms with Gasteiger partial charge in [0.2, 0.25) is 0 Å². The predicted molar refractivity (Wildman–Crippen MR) is 84.5 cm³/mol. The number of nitrogens with one attached hydrogen (secondary N) is 1. The monoisotopic (exact) mass is 307 g/mol. The van der Waals surface area contributed by atoms with Crippen LogP contribution in [0, 0.1) is 11.7 Å². The minimum absolute atomic E-state index is 0.266. The van der Waals surface area contributed by atoms with Gasteiger partial charge in [-0.25, -0.2) is 4.39 Å². The van der Waals surface area contributed by atoms with E-state index < -0.39 is 0 Å². The van der Waals surface area contributed by atoms with Crippen LogP contribution in [0.5, 0.6) is 11.5 Å². The number of halogens is 2. The molecular formula is C17H19ClFNO. The van der Waals surface area contributed by atoms with E-state index in [9.17, 15) is 4.39 Å². The molecule has 0 aliphatic heterocycles. The van der Waals surface area contributed by atoms with E-state index in [1.54, 1.807) is 36.4 Å². The average Bonchev–Trinajstić information content (AvgIpc) is 2.44. The lowest BCUT2D eigenvalue weighted by Crippen LogP contribution is -2.20. The van der Waals surface area contributed by atoms with E-state index in [2.05, 4.69) is 19.2 Å². The summed E-state index contributed by atoms with van der Waals surface area (Å²) in [5.41, 5.74) is 0.535. The van der Waals surface area contributed by atoms with E-state index in [4.69, 9.17) is 16.3 Å². The maximum Gasteiger partial charge on any atom is 0.134 e. The zero-order chi connectivity index (χ0) is 15.2. The zero-order valence-electron chi connectivity index (χ0n) is 12.2. The highest BCUT2D eigenvalue weighted by atomic mass is 35.5. The molecule has 0 unspecified atom stereocenters. The third-order valence-electron chi connectivity index (χ3n) is 2.97. The van der Waals surface area contributed by atoms with Crippen LogP contribution in [0.3, 0.4) is 0 Å². The summed E-state index contributed by atoms with van der Waals surface area (Å²) < 4.78 is 19.8. The Morgan fingerprint density at radius 2 is 1.86 bits per heavy atom. The molecule has 4 heteroatoms. The second-order valence-electron chi connectivity index (χ2n) is 5.30. The van der Waals surface area contributed by atoms with E-state index in [-0.39, 0.29) is 5.82 Å². The molecule has 0 aliphatic rings. The van der Waals surface area contributed by atoms with Crippen molar-refractivity contribution >= 4 is 11.6 Å². The Morgan fingerprint density at radius 1 is 1.14 bits per heavy atom. The van der Waals surface area contributed by atoms with Gasteiger partial charge in [-0.05, 0) is 48.9 Å². The van der Waals surface area contributed by atoms with E-state index >= 15 is 0 Å². The fraction of sp³-hybridized carbons (Fsp3) is 0.294. The first-order valence-electron chi connectivity index (χ1n) is 6.98. The molecule has 21 heavy (non-hydrogen) atoms. The van der Waals surface area contributed by atoms with Gasteiger partial charge in [-0.1, -0.05) is 31.5 Å². The summed E-state index contributed by atoms with van der Waals surface area (Å²) in [5.74, 6) is 1.40. The number of rotatable bonds is 6. The summed E-state index contributed by atoms with van der Waals surface area (Å²) in [5, 5.41) is 3.88. The van der Waals surface area contributed by atoms with Crippen LogP contribution in [0.2, 0.25) is 5.02 Å². The van der Waals surface area contributed by atoms with Gasteiger partial charge in [-0.3, -0.25) is 0 Å². The van der Waals surface area contributed by atoms with Gasteiger partial charge in [0.25, 0.3) is 0 Å². The van der Waals surface area contributed by atoms with Gasteiger partial charge in [-0.15, -0.1) is 0 Å². The van der Waals surface area contributed by atoms with Crippen molar-refractivity contribution < 1.29 is 9.13 Å². The highest BCUT2D eigenvalue weighted by molar-refractivity contribution is 6.30. The zero-order valence-corrected chi connectivity index (χ0v) is 13.0. The molecule has 0 saturated heterocycles. The van der Waals surface area contributed by atoms with Crippen molar-refractivity contribution in [3.8, 4) is 11.5 Å². The van der Waals surface area contributed by atoms with Gasteiger partial charge in [0, 0.05) is 17.1 Å². The number of ether oxygens (including phenoxy) is 1. The van der Waals surface area contributed by atoms with Crippen molar-refractivity contribution in [2.45, 2.75) is 20.4 Å². The van der Waals surface area contributed by atoms with Crippen LogP contribution in [0.1, 0.15) is 19.4 Å². The third kappa shape index (κ3) is 4.73. The van der Waals surface area contributed by atoms with Crippen LogP contribution in [-0.4, -0.2) is 6.54 Å². The van der Waals surface area contributed by atoms with Gasteiger partial charge in [0.1, 0.15) is 17.3 Å². The predicted octanol–water partition coefficient (Wildman–Crippen LogP) is 5.02. The van der Waals surface area contributed by atoms with E-state index in [1.165, 1.54) is 6.07 Å². The fourth-order valence-corrected chi connectivity index (χ4v) is 2.05. The van der Waals surface area contributed by atoms with Crippen molar-refractivity contribution in [2.24, 2.45) is 5.92 Å². The summed E-state index contributed by atoms with van der Waals surface area (Å²) in [6.45, 7) is 5.49. The minimum atomic E-state index is -0.266. The normalized spacial score (nSPS) is 10.9. The molecule has 1 N–H and O–H groups in total. The number of hydrogen-bond acceptors (Lipinski definition) is 2. The molecule has 112 valence electrons. The largest absolute Gasteiger partial charge is 0.457 e. The topological polar surface area (TPSA) is 21.3 Å². The Labute approximate surface area is 129 Å². The molecule has 2 aromatic carbocycles. The van der Waals surface area contributed by atoms with Crippen molar-refractivity contribution in [3.63, 3.8) is 0 Å². The Balaban J connectivity index is 2.14. The number of hydrogen-bond donors (Lipinski definition) is 1. The highest BCUT2D eigenvalue weighted by Gasteiger charge is 2.10. The first kappa shape index (κ1) is 15.8. The van der Waals surface area contributed by atoms with Crippen molar-refractivity contribution in [1.29, 1.82) is 0 Å². The molecule has 0 bridgehead atoms. The minimum Gasteiger partial charge on any atom is -0.457 e. The first-order valence-corrected chi connectivity index (χ1v) is 7.35. The number of benzene rings is 2. The maximum absolute atomic E-state index is 14.0. The average molecular weight is 308 g/mol. The Hall–Kier alpha value is -1.58. The molecule has 0 heterocycles. The van der Waals surface area contributed by atoms with Crippen molar-refractivity contribution in [1.82, 2.24) is 5.32 Å². The molecule has 0 aromatic heterocycles. The van der Waals surface area contributed by atoms with E-state index in [1.807, 2.05) is 0 Å². The highest BCUT2D eigenvalue weighted by Crippen LogP contribution is 2.28. The van der Waals surface area contributed by atoms with Gasteiger partial charge >= 0.3 is 0 Å². The second-order valence-corrected chi connectivity index (χ2v) is 5.73. The van der Waals surface area contributed by atoms with Gasteiger partial charge in [0.15, 0.2) is 0 Å². The lowest BCUT2D eigenvalue weighted by atomic mass is 10.1. The summed E-state index contributed by atoms with van der Waals surface area (Å²) in [6, 6.07) is 11.9. The quantitative estimate of drug-likeness (QED) is 0.809. The van der Waals surface area contributed by atoms with E-state index in [0.717, 1.165) is 6.54 Å². The van der Waals surface area contributed by atoms with Crippen LogP contribution < -0.4 is 10.1 Å². The van der Waals surface area contributed by atoms with Crippen LogP contribution in [0.15, 0.2) is 42.5 Å². The van der Waals surface area contributed by atoms with Crippen molar-refractivity contribution in [3.05, 3.63) is 58.9 Å². The molecular weight excluding hydrogens is 289 g/mol. The molecule has 0 fully saturated rings. The second kappa shape index (κ2) is 7.43. The Kier molecular flexibility index (Phi) is 5.59. The van der Waals surface area contributed by atoms with E-state index in [0.29, 0.717) is 34.5 Å². The molecule has 2 nitrogen and oxygen atoms in total. The third-order valence-corrected chi connectivity index (χ3v) is 3.22. The van der Waals surface area contributed by atoms with Crippen LogP contribution >= 0.6 is 11.6 Å². The van der Waals surface area contributed by atoms with Crippen LogP contribution in [-0.2, 0) is 6.54 Å². The van der Waals surface area contributed by atoms with Crippen LogP contribution in [0.25, 0.3) is 0 Å². The van der Waals surface area contributed by atoms with Gasteiger partial charge in [-0.2, -0.15) is 0 Å². The molecule has 2 aromatic rings. The maximum atomic E-state index is 14.0. The lowest BCUT2D eigenvalue weighted by Gasteiger charge is -2.13. The molecule has 0 atom stereocenters. The molecule has 0 spiro atoms. The van der Waals surface area contributed by atoms with Crippen LogP contribution in [0.4, 0.5) is 4.39 Å². The summed E-state index contributed by atoms with van der Waals surface area (Å²) in [4.78, 5) is 0. The molecule has 0 amide bonds. The summed E-state index contributed by atoms with van der Waals surface area (Å²) >= 11 is 5.84. The van der Waals surface area contributed by atoms with Gasteiger partial charge < -0.3 is 10.1 Å². The van der Waals surface area contributed by atoms with Crippen molar-refractivity contribution in [2.75, 3.05) is 6.54 Å². The fourth-order valence-electron chi connectivity index (χ4n) is 1.92. The lowest BCUT2D eigenvalue weighted by molar-refractivity contribution is 0.457. The Bertz CT molecular complexity index is 584. The summed E-state index contributed by atoms with van der Waals surface area (Å²) in [7, 11) is 0. The molecule has 0 saturated carbocycles. The Morgan fingerprint density at radius 3 is 2.52 bits per heavy atom. The first-order chi connectivity index (χ1) is 10.1. The summed E-state index contributed by atoms with van der Waals surface area (Å²) in [6.07, 6.45) is 0. The van der Waals surface area contributed by atoms with Gasteiger partial charge in [0.05, 0.1) is 0 Å². The molecule has 0 radical (unpaired) electrons.